The van der Waals surface area contributed by atoms with Crippen LogP contribution in [0.3, 0.4) is 0 Å². The third kappa shape index (κ3) is 3.92. The van der Waals surface area contributed by atoms with E-state index >= 15 is 0 Å². The molecule has 0 radical (unpaired) electrons. The van der Waals surface area contributed by atoms with Crippen molar-refractivity contribution in [2.45, 2.75) is 27.7 Å². The first-order valence-corrected chi connectivity index (χ1v) is 4.28. The van der Waals surface area contributed by atoms with Crippen LogP contribution in [0.5, 0.6) is 0 Å². The number of carbonyl (C=O) groups is 2. The Kier molecular flexibility index (Phi) is 3.91. The summed E-state index contributed by atoms with van der Waals surface area (Å²) in [5.41, 5.74) is -0.0783. The van der Waals surface area contributed by atoms with Gasteiger partial charge < -0.3 is 10.4 Å². The lowest BCUT2D eigenvalue weighted by molar-refractivity contribution is -0.150. The van der Waals surface area contributed by atoms with Crippen molar-refractivity contribution < 1.29 is 14.7 Å². The molecule has 0 rings (SSSR count). The van der Waals surface area contributed by atoms with Gasteiger partial charge >= 0.3 is 11.9 Å². The average molecular weight is 187 g/mol. The number of hydrogen-bond donors (Lipinski definition) is 2. The Balaban J connectivity index is 4.02. The van der Waals surface area contributed by atoms with Gasteiger partial charge in [-0.15, -0.1) is 0 Å². The first-order chi connectivity index (χ1) is 5.77. The van der Waals surface area contributed by atoms with E-state index in [1.807, 2.05) is 27.7 Å². The van der Waals surface area contributed by atoms with E-state index in [2.05, 4.69) is 5.32 Å². The summed E-state index contributed by atoms with van der Waals surface area (Å²) in [6, 6.07) is 0. The molecule has 4 nitrogen and oxygen atoms in total. The monoisotopic (exact) mass is 187 g/mol. The molecule has 2 N–H and O–H groups in total. The highest BCUT2D eigenvalue weighted by atomic mass is 16.4. The number of amides is 1. The van der Waals surface area contributed by atoms with Gasteiger partial charge in [0.25, 0.3) is 0 Å². The second kappa shape index (κ2) is 4.25. The van der Waals surface area contributed by atoms with E-state index in [0.29, 0.717) is 12.5 Å². The molecule has 0 aliphatic rings. The topological polar surface area (TPSA) is 66.4 Å². The maximum Gasteiger partial charge on any atom is 0.394 e. The molecule has 4 heteroatoms. The molecule has 0 aromatic carbocycles. The Morgan fingerprint density at radius 2 is 1.85 bits per heavy atom. The molecule has 0 saturated carbocycles. The lowest BCUT2D eigenvalue weighted by Gasteiger charge is -2.28. The normalized spacial score (nSPS) is 11.5. The van der Waals surface area contributed by atoms with Gasteiger partial charge in [-0.3, -0.25) is 4.79 Å². The van der Waals surface area contributed by atoms with E-state index in [0.717, 1.165) is 0 Å². The van der Waals surface area contributed by atoms with E-state index in [-0.39, 0.29) is 5.41 Å². The fourth-order valence-corrected chi connectivity index (χ4v) is 0.588. The van der Waals surface area contributed by atoms with Gasteiger partial charge in [0.1, 0.15) is 0 Å². The molecule has 0 heterocycles. The fraction of sp³-hybridized carbons (Fsp3) is 0.778. The zero-order valence-corrected chi connectivity index (χ0v) is 8.55. The molecule has 0 aromatic rings. The summed E-state index contributed by atoms with van der Waals surface area (Å²) in [5, 5.41) is 10.7. The molecule has 0 aliphatic carbocycles. The zero-order valence-electron chi connectivity index (χ0n) is 8.55. The lowest BCUT2D eigenvalue weighted by atomic mass is 9.81. The van der Waals surface area contributed by atoms with E-state index in [4.69, 9.17) is 5.11 Å². The molecule has 0 unspecified atom stereocenters. The zero-order chi connectivity index (χ0) is 10.6. The van der Waals surface area contributed by atoms with Crippen molar-refractivity contribution >= 4 is 11.9 Å². The summed E-state index contributed by atoms with van der Waals surface area (Å²) < 4.78 is 0. The first-order valence-electron chi connectivity index (χ1n) is 4.28. The summed E-state index contributed by atoms with van der Waals surface area (Å²) in [7, 11) is 0. The molecule has 13 heavy (non-hydrogen) atoms. The smallest absolute Gasteiger partial charge is 0.394 e. The molecule has 0 spiro atoms. The van der Waals surface area contributed by atoms with Crippen LogP contribution in [-0.4, -0.2) is 23.5 Å². The molecular weight excluding hydrogens is 170 g/mol. The van der Waals surface area contributed by atoms with Crippen LogP contribution in [0, 0.1) is 11.3 Å². The van der Waals surface area contributed by atoms with Crippen LogP contribution in [0.2, 0.25) is 0 Å². The van der Waals surface area contributed by atoms with E-state index in [9.17, 15) is 9.59 Å². The Labute approximate surface area is 78.3 Å². The third-order valence-corrected chi connectivity index (χ3v) is 2.46. The van der Waals surface area contributed by atoms with Crippen LogP contribution in [0.15, 0.2) is 0 Å². The number of carbonyl (C=O) groups excluding carboxylic acids is 1. The van der Waals surface area contributed by atoms with Crippen molar-refractivity contribution in [1.82, 2.24) is 5.32 Å². The molecule has 0 saturated heterocycles. The second-order valence-electron chi connectivity index (χ2n) is 4.13. The molecule has 1 amide bonds. The van der Waals surface area contributed by atoms with Gasteiger partial charge in [-0.25, -0.2) is 4.79 Å². The Morgan fingerprint density at radius 1 is 1.38 bits per heavy atom. The van der Waals surface area contributed by atoms with Gasteiger partial charge in [0.2, 0.25) is 0 Å². The number of aliphatic carboxylic acids is 1. The van der Waals surface area contributed by atoms with Crippen LogP contribution in [0.4, 0.5) is 0 Å². The third-order valence-electron chi connectivity index (χ3n) is 2.46. The maximum absolute atomic E-state index is 10.7. The predicted molar refractivity (Wildman–Crippen MR) is 49.3 cm³/mol. The molecule has 0 aliphatic heterocycles. The van der Waals surface area contributed by atoms with Crippen LogP contribution >= 0.6 is 0 Å². The SMILES string of the molecule is CC(C)C(C)(C)CNC(=O)C(=O)O. The standard InChI is InChI=1S/C9H17NO3/c1-6(2)9(3,4)5-10-7(11)8(12)13/h6H,5H2,1-4H3,(H,10,11)(H,12,13). The van der Waals surface area contributed by atoms with Crippen molar-refractivity contribution in [3.63, 3.8) is 0 Å². The number of carboxylic acid groups (broad SMARTS) is 1. The van der Waals surface area contributed by atoms with Gasteiger partial charge in [-0.1, -0.05) is 27.7 Å². The molecule has 0 fully saturated rings. The van der Waals surface area contributed by atoms with Crippen LogP contribution in [0.1, 0.15) is 27.7 Å². The van der Waals surface area contributed by atoms with Crippen LogP contribution in [-0.2, 0) is 9.59 Å². The van der Waals surface area contributed by atoms with Gasteiger partial charge in [0.15, 0.2) is 0 Å². The van der Waals surface area contributed by atoms with Crippen molar-refractivity contribution in [3.05, 3.63) is 0 Å². The molecule has 0 atom stereocenters. The summed E-state index contributed by atoms with van der Waals surface area (Å²) in [4.78, 5) is 20.9. The Hall–Kier alpha value is -1.06. The predicted octanol–water partition coefficient (Wildman–Crippen LogP) is 0.869. The highest BCUT2D eigenvalue weighted by Gasteiger charge is 2.24. The number of hydrogen-bond acceptors (Lipinski definition) is 2. The summed E-state index contributed by atoms with van der Waals surface area (Å²) in [6.07, 6.45) is 0. The molecule has 76 valence electrons. The van der Waals surface area contributed by atoms with Crippen molar-refractivity contribution in [2.75, 3.05) is 6.54 Å². The van der Waals surface area contributed by atoms with Gasteiger partial charge in [-0.05, 0) is 11.3 Å². The fourth-order valence-electron chi connectivity index (χ4n) is 0.588. The van der Waals surface area contributed by atoms with Crippen molar-refractivity contribution in [3.8, 4) is 0 Å². The Morgan fingerprint density at radius 3 is 2.15 bits per heavy atom. The molecule has 0 bridgehead atoms. The Bertz CT molecular complexity index is 209. The van der Waals surface area contributed by atoms with Crippen LogP contribution < -0.4 is 5.32 Å². The number of rotatable bonds is 3. The van der Waals surface area contributed by atoms with Crippen LogP contribution in [0.25, 0.3) is 0 Å². The average Bonchev–Trinajstić information content (AvgIpc) is 1.99. The van der Waals surface area contributed by atoms with Crippen molar-refractivity contribution in [1.29, 1.82) is 0 Å². The molecule has 0 aromatic heterocycles. The minimum absolute atomic E-state index is 0.0783. The number of nitrogens with one attached hydrogen (secondary N) is 1. The van der Waals surface area contributed by atoms with Gasteiger partial charge in [-0.2, -0.15) is 0 Å². The summed E-state index contributed by atoms with van der Waals surface area (Å²) in [6.45, 7) is 8.43. The lowest BCUT2D eigenvalue weighted by Crippen LogP contribution is -2.40. The highest BCUT2D eigenvalue weighted by molar-refractivity contribution is 6.31. The maximum atomic E-state index is 10.7. The minimum Gasteiger partial charge on any atom is -0.474 e. The highest BCUT2D eigenvalue weighted by Crippen LogP contribution is 2.24. The van der Waals surface area contributed by atoms with E-state index in [1.165, 1.54) is 0 Å². The van der Waals surface area contributed by atoms with E-state index < -0.39 is 11.9 Å². The quantitative estimate of drug-likeness (QED) is 0.644. The first kappa shape index (κ1) is 11.9. The summed E-state index contributed by atoms with van der Waals surface area (Å²) >= 11 is 0. The minimum atomic E-state index is -1.43. The second-order valence-corrected chi connectivity index (χ2v) is 4.13. The largest absolute Gasteiger partial charge is 0.474 e. The van der Waals surface area contributed by atoms with Crippen molar-refractivity contribution in [2.24, 2.45) is 11.3 Å². The number of carboxylic acids is 1. The van der Waals surface area contributed by atoms with Gasteiger partial charge in [0.05, 0.1) is 0 Å². The van der Waals surface area contributed by atoms with E-state index in [1.54, 1.807) is 0 Å². The molecular formula is C9H17NO3. The summed E-state index contributed by atoms with van der Waals surface area (Å²) in [5.74, 6) is -1.98. The van der Waals surface area contributed by atoms with Gasteiger partial charge in [0, 0.05) is 6.54 Å².